The maximum Gasteiger partial charge on any atom is 0.159 e. The van der Waals surface area contributed by atoms with Crippen LogP contribution in [-0.4, -0.2) is 28.3 Å². The van der Waals surface area contributed by atoms with Gasteiger partial charge in [0.1, 0.15) is 5.75 Å². The van der Waals surface area contributed by atoms with E-state index in [0.29, 0.717) is 5.82 Å². The van der Waals surface area contributed by atoms with Gasteiger partial charge in [-0.1, -0.05) is 12.1 Å². The Morgan fingerprint density at radius 3 is 2.14 bits per heavy atom. The average Bonchev–Trinajstić information content (AvgIpc) is 2.81. The smallest absolute Gasteiger partial charge is 0.159 e. The molecule has 0 saturated heterocycles. The van der Waals surface area contributed by atoms with Crippen LogP contribution in [0.3, 0.4) is 0 Å². The first-order valence-electron chi connectivity index (χ1n) is 9.08. The van der Waals surface area contributed by atoms with Crippen molar-refractivity contribution in [3.8, 4) is 28.3 Å². The first-order chi connectivity index (χ1) is 14.3. The largest absolute Gasteiger partial charge is 0.497 e. The van der Waals surface area contributed by atoms with Crippen LogP contribution in [0.4, 0.5) is 5.69 Å². The van der Waals surface area contributed by atoms with Crippen molar-refractivity contribution >= 4 is 11.9 Å². The molecule has 0 radical (unpaired) electrons. The van der Waals surface area contributed by atoms with E-state index in [-0.39, 0.29) is 0 Å². The minimum Gasteiger partial charge on any atom is -0.497 e. The number of hydrogen-bond donors (Lipinski definition) is 1. The molecule has 0 aliphatic carbocycles. The Labute approximate surface area is 169 Å². The normalized spacial score (nSPS) is 10.8. The molecule has 0 unspecified atom stereocenters. The van der Waals surface area contributed by atoms with E-state index in [1.54, 1.807) is 25.7 Å². The van der Waals surface area contributed by atoms with Crippen molar-refractivity contribution in [1.29, 1.82) is 0 Å². The van der Waals surface area contributed by atoms with Crippen molar-refractivity contribution in [1.82, 2.24) is 15.0 Å². The Bertz CT molecular complexity index is 1080. The molecule has 2 aromatic carbocycles. The van der Waals surface area contributed by atoms with Crippen LogP contribution >= 0.6 is 0 Å². The lowest BCUT2D eigenvalue weighted by atomic mass is 10.1. The van der Waals surface area contributed by atoms with Crippen molar-refractivity contribution in [2.45, 2.75) is 0 Å². The number of anilines is 1. The van der Waals surface area contributed by atoms with E-state index in [9.17, 15) is 0 Å². The lowest BCUT2D eigenvalue weighted by Crippen LogP contribution is -1.92. The molecule has 0 fully saturated rings. The summed E-state index contributed by atoms with van der Waals surface area (Å²) < 4.78 is 5.15. The van der Waals surface area contributed by atoms with Gasteiger partial charge in [0.15, 0.2) is 5.82 Å². The zero-order valence-corrected chi connectivity index (χ0v) is 15.9. The molecule has 0 aliphatic rings. The van der Waals surface area contributed by atoms with Crippen molar-refractivity contribution < 1.29 is 4.74 Å². The number of aromatic nitrogens is 3. The van der Waals surface area contributed by atoms with Gasteiger partial charge in [-0.15, -0.1) is 0 Å². The molecule has 29 heavy (non-hydrogen) atoms. The van der Waals surface area contributed by atoms with E-state index in [4.69, 9.17) is 4.74 Å². The minimum absolute atomic E-state index is 0.683. The number of rotatable bonds is 6. The van der Waals surface area contributed by atoms with Crippen LogP contribution in [0.25, 0.3) is 22.5 Å². The summed E-state index contributed by atoms with van der Waals surface area (Å²) in [7, 11) is 1.65. The molecule has 0 amide bonds. The van der Waals surface area contributed by atoms with Crippen LogP contribution in [0.15, 0.2) is 90.6 Å². The highest BCUT2D eigenvalue weighted by Gasteiger charge is 2.03. The molecule has 0 saturated carbocycles. The molecule has 4 rings (SSSR count). The number of hydrogen-bond acceptors (Lipinski definition) is 6. The number of benzene rings is 2. The number of ether oxygens (including phenoxy) is 1. The number of pyridine rings is 1. The topological polar surface area (TPSA) is 72.3 Å². The lowest BCUT2D eigenvalue weighted by molar-refractivity contribution is 0.415. The highest BCUT2D eigenvalue weighted by Crippen LogP contribution is 2.22. The molecular formula is C23H19N5O. The number of hydrazone groups is 1. The Kier molecular flexibility index (Phi) is 5.53. The summed E-state index contributed by atoms with van der Waals surface area (Å²) >= 11 is 0. The molecule has 0 atom stereocenters. The number of nitrogens with one attached hydrogen (secondary N) is 1. The first-order valence-corrected chi connectivity index (χ1v) is 9.08. The highest BCUT2D eigenvalue weighted by molar-refractivity contribution is 5.80. The predicted molar refractivity (Wildman–Crippen MR) is 115 cm³/mol. The van der Waals surface area contributed by atoms with Crippen LogP contribution in [-0.2, 0) is 0 Å². The summed E-state index contributed by atoms with van der Waals surface area (Å²) in [5.74, 6) is 1.51. The molecule has 142 valence electrons. The van der Waals surface area contributed by atoms with E-state index >= 15 is 0 Å². The highest BCUT2D eigenvalue weighted by atomic mass is 16.5. The molecule has 2 aromatic heterocycles. The van der Waals surface area contributed by atoms with Crippen molar-refractivity contribution in [3.63, 3.8) is 0 Å². The fourth-order valence-corrected chi connectivity index (χ4v) is 2.74. The van der Waals surface area contributed by atoms with Gasteiger partial charge in [-0.25, -0.2) is 9.97 Å². The van der Waals surface area contributed by atoms with Gasteiger partial charge in [0.2, 0.25) is 0 Å². The zero-order valence-electron chi connectivity index (χ0n) is 15.9. The summed E-state index contributed by atoms with van der Waals surface area (Å²) in [6, 6.07) is 19.4. The maximum atomic E-state index is 5.15. The Hall–Kier alpha value is -4.06. The average molecular weight is 381 g/mol. The second-order valence-corrected chi connectivity index (χ2v) is 6.25. The van der Waals surface area contributed by atoms with Crippen LogP contribution in [0.5, 0.6) is 5.75 Å². The van der Waals surface area contributed by atoms with E-state index in [2.05, 4.69) is 25.5 Å². The van der Waals surface area contributed by atoms with Gasteiger partial charge < -0.3 is 4.74 Å². The number of nitrogens with zero attached hydrogens (tertiary/aromatic N) is 4. The van der Waals surface area contributed by atoms with Crippen LogP contribution in [0.1, 0.15) is 5.56 Å². The molecule has 0 bridgehead atoms. The SMILES string of the molecule is COc1ccc(C=NNc2ccc(-c3cnc(-c4ccncc4)nc3)cc2)cc1. The van der Waals surface area contributed by atoms with Crippen LogP contribution in [0.2, 0.25) is 0 Å². The molecular weight excluding hydrogens is 362 g/mol. The van der Waals surface area contributed by atoms with Gasteiger partial charge in [-0.2, -0.15) is 5.10 Å². The molecule has 0 aliphatic heterocycles. The monoisotopic (exact) mass is 381 g/mol. The van der Waals surface area contributed by atoms with Crippen LogP contribution < -0.4 is 10.2 Å². The quantitative estimate of drug-likeness (QED) is 0.388. The molecule has 0 spiro atoms. The molecule has 4 aromatic rings. The van der Waals surface area contributed by atoms with Gasteiger partial charge in [-0.3, -0.25) is 10.4 Å². The second kappa shape index (κ2) is 8.75. The van der Waals surface area contributed by atoms with Crippen molar-refractivity contribution in [2.24, 2.45) is 5.10 Å². The summed E-state index contributed by atoms with van der Waals surface area (Å²) in [6.45, 7) is 0. The van der Waals surface area contributed by atoms with E-state index in [1.165, 1.54) is 0 Å². The van der Waals surface area contributed by atoms with Crippen molar-refractivity contribution in [3.05, 3.63) is 91.0 Å². The van der Waals surface area contributed by atoms with Crippen molar-refractivity contribution in [2.75, 3.05) is 12.5 Å². The fourth-order valence-electron chi connectivity index (χ4n) is 2.74. The fraction of sp³-hybridized carbons (Fsp3) is 0.0435. The number of methoxy groups -OCH3 is 1. The van der Waals surface area contributed by atoms with E-state index in [0.717, 1.165) is 33.7 Å². The standard InChI is InChI=1S/C23H19N5O/c1-29-22-8-2-17(3-9-22)14-27-28-21-6-4-18(5-7-21)20-15-25-23(26-16-20)19-10-12-24-13-11-19/h2-16,28H,1H3. The zero-order chi connectivity index (χ0) is 19.9. The minimum atomic E-state index is 0.683. The molecule has 6 heteroatoms. The summed E-state index contributed by atoms with van der Waals surface area (Å²) in [5, 5.41) is 4.27. The summed E-state index contributed by atoms with van der Waals surface area (Å²) in [6.07, 6.45) is 8.88. The van der Waals surface area contributed by atoms with Crippen LogP contribution in [0, 0.1) is 0 Å². The maximum absolute atomic E-state index is 5.15. The third-order valence-electron chi connectivity index (χ3n) is 4.33. The molecule has 2 heterocycles. The lowest BCUT2D eigenvalue weighted by Gasteiger charge is -2.05. The van der Waals surface area contributed by atoms with Gasteiger partial charge in [0, 0.05) is 35.9 Å². The summed E-state index contributed by atoms with van der Waals surface area (Å²) in [5.41, 5.74) is 7.85. The van der Waals surface area contributed by atoms with E-state index < -0.39 is 0 Å². The Balaban J connectivity index is 1.40. The first kappa shape index (κ1) is 18.3. The van der Waals surface area contributed by atoms with Gasteiger partial charge in [-0.05, 0) is 59.7 Å². The van der Waals surface area contributed by atoms with Gasteiger partial charge >= 0.3 is 0 Å². The molecule has 6 nitrogen and oxygen atoms in total. The van der Waals surface area contributed by atoms with E-state index in [1.807, 2.05) is 73.1 Å². The predicted octanol–water partition coefficient (Wildman–Crippen LogP) is 4.66. The second-order valence-electron chi connectivity index (χ2n) is 6.25. The Morgan fingerprint density at radius 2 is 1.48 bits per heavy atom. The summed E-state index contributed by atoms with van der Waals surface area (Å²) in [4.78, 5) is 12.9. The van der Waals surface area contributed by atoms with Gasteiger partial charge in [0.25, 0.3) is 0 Å². The third-order valence-corrected chi connectivity index (χ3v) is 4.33. The third kappa shape index (κ3) is 4.62. The van der Waals surface area contributed by atoms with Gasteiger partial charge in [0.05, 0.1) is 19.0 Å². The molecule has 1 N–H and O–H groups in total. The Morgan fingerprint density at radius 1 is 0.793 bits per heavy atom.